The van der Waals surface area contributed by atoms with Crippen LogP contribution in [0, 0.1) is 27.4 Å². The van der Waals surface area contributed by atoms with Crippen molar-refractivity contribution in [2.75, 3.05) is 12.0 Å². The van der Waals surface area contributed by atoms with Gasteiger partial charge in [-0.2, -0.15) is 0 Å². The van der Waals surface area contributed by atoms with E-state index in [9.17, 15) is 24.5 Å². The van der Waals surface area contributed by atoms with Gasteiger partial charge in [0.2, 0.25) is 11.8 Å². The summed E-state index contributed by atoms with van der Waals surface area (Å²) in [4.78, 5) is 55.2. The van der Waals surface area contributed by atoms with Crippen LogP contribution in [0.1, 0.15) is 37.9 Å². The third-order valence-corrected chi connectivity index (χ3v) is 7.08. The van der Waals surface area contributed by atoms with Crippen LogP contribution in [-0.2, 0) is 14.4 Å². The van der Waals surface area contributed by atoms with Crippen molar-refractivity contribution < 1.29 is 24.0 Å². The Kier molecular flexibility index (Phi) is 5.05. The van der Waals surface area contributed by atoms with Crippen molar-refractivity contribution in [1.82, 2.24) is 4.90 Å². The summed E-state index contributed by atoms with van der Waals surface area (Å²) in [6.45, 7) is 5.38. The summed E-state index contributed by atoms with van der Waals surface area (Å²) < 4.78 is 5.35. The van der Waals surface area contributed by atoms with Gasteiger partial charge in [-0.25, -0.2) is 4.90 Å². The fourth-order valence-electron chi connectivity index (χ4n) is 5.50. The van der Waals surface area contributed by atoms with Gasteiger partial charge in [-0.3, -0.25) is 24.5 Å². The quantitative estimate of drug-likeness (QED) is 0.376. The molecule has 4 atom stereocenters. The smallest absolute Gasteiger partial charge is 0.271 e. The number of nitro groups is 1. The van der Waals surface area contributed by atoms with Crippen molar-refractivity contribution in [1.29, 1.82) is 0 Å². The number of Topliss-reactive ketones (excluding diaryl/α,β-unsaturated/α-hetero) is 1. The summed E-state index contributed by atoms with van der Waals surface area (Å²) in [6, 6.07) is 10.0. The molecule has 5 rings (SSSR count). The normalized spacial score (nSPS) is 24.8. The second-order valence-corrected chi connectivity index (χ2v) is 10.1. The highest BCUT2D eigenvalue weighted by Gasteiger charge is 2.65. The topological polar surface area (TPSA) is 110 Å². The van der Waals surface area contributed by atoms with Crippen molar-refractivity contribution in [2.24, 2.45) is 17.3 Å². The molecule has 2 saturated heterocycles. The van der Waals surface area contributed by atoms with E-state index in [0.29, 0.717) is 0 Å². The lowest BCUT2D eigenvalue weighted by Gasteiger charge is -2.37. The number of nitro benzene ring substituents is 1. The zero-order valence-corrected chi connectivity index (χ0v) is 19.8. The van der Waals surface area contributed by atoms with Crippen molar-refractivity contribution in [3.05, 3.63) is 69.9 Å². The maximum atomic E-state index is 13.9. The van der Waals surface area contributed by atoms with E-state index in [0.717, 1.165) is 16.0 Å². The first-order valence-electron chi connectivity index (χ1n) is 11.4. The minimum Gasteiger partial charge on any atom is -0.495 e. The largest absolute Gasteiger partial charge is 0.495 e. The summed E-state index contributed by atoms with van der Waals surface area (Å²) in [6.07, 6.45) is 3.70. The SMILES string of the molecule is COc1ccc([N+](=O)[O-])cc1N1C(=O)[C@@H]2[C@H](C1=O)[C@@H]1c3ccccc3C=CN1[C@@H]2C(=O)C(C)(C)C. The summed E-state index contributed by atoms with van der Waals surface area (Å²) in [5, 5.41) is 11.4. The number of rotatable bonds is 4. The fourth-order valence-corrected chi connectivity index (χ4v) is 5.50. The zero-order chi connectivity index (χ0) is 25.2. The Bertz CT molecular complexity index is 1310. The van der Waals surface area contributed by atoms with Gasteiger partial charge < -0.3 is 9.64 Å². The molecular weight excluding hydrogens is 450 g/mol. The number of ketones is 1. The number of methoxy groups -OCH3 is 1. The molecule has 0 saturated carbocycles. The Morgan fingerprint density at radius 1 is 1.06 bits per heavy atom. The predicted octanol–water partition coefficient (Wildman–Crippen LogP) is 3.73. The first kappa shape index (κ1) is 22.8. The van der Waals surface area contributed by atoms with E-state index in [1.165, 1.54) is 25.3 Å². The van der Waals surface area contributed by atoms with Crippen LogP contribution in [0.2, 0.25) is 0 Å². The molecule has 9 heteroatoms. The van der Waals surface area contributed by atoms with Crippen molar-refractivity contribution in [2.45, 2.75) is 32.9 Å². The number of anilines is 1. The predicted molar refractivity (Wildman–Crippen MR) is 127 cm³/mol. The third-order valence-electron chi connectivity index (χ3n) is 7.08. The molecule has 0 aliphatic carbocycles. The van der Waals surface area contributed by atoms with Crippen LogP contribution >= 0.6 is 0 Å². The molecule has 35 heavy (non-hydrogen) atoms. The number of nitrogens with zero attached hydrogens (tertiary/aromatic N) is 3. The fraction of sp³-hybridized carbons (Fsp3) is 0.346. The van der Waals surface area contributed by atoms with Gasteiger partial charge >= 0.3 is 0 Å². The molecule has 3 aliphatic rings. The highest BCUT2D eigenvalue weighted by Crippen LogP contribution is 2.55. The average molecular weight is 476 g/mol. The molecule has 180 valence electrons. The van der Waals surface area contributed by atoms with Crippen LogP contribution in [-0.4, -0.2) is 40.6 Å². The molecule has 3 aliphatic heterocycles. The number of hydrogen-bond acceptors (Lipinski definition) is 7. The van der Waals surface area contributed by atoms with Gasteiger partial charge in [0, 0.05) is 23.7 Å². The van der Waals surface area contributed by atoms with Gasteiger partial charge in [-0.05, 0) is 23.3 Å². The molecule has 0 unspecified atom stereocenters. The Balaban J connectivity index is 1.69. The highest BCUT2D eigenvalue weighted by atomic mass is 16.6. The Labute approximate surface area is 202 Å². The maximum absolute atomic E-state index is 13.9. The average Bonchev–Trinajstić information content (AvgIpc) is 3.30. The molecule has 9 nitrogen and oxygen atoms in total. The Hall–Kier alpha value is -4.01. The van der Waals surface area contributed by atoms with Crippen LogP contribution in [0.25, 0.3) is 6.08 Å². The lowest BCUT2D eigenvalue weighted by atomic mass is 9.79. The minimum absolute atomic E-state index is 0.0132. The first-order chi connectivity index (χ1) is 16.6. The zero-order valence-electron chi connectivity index (χ0n) is 19.8. The molecule has 0 radical (unpaired) electrons. The van der Waals surface area contributed by atoms with E-state index >= 15 is 0 Å². The molecule has 0 spiro atoms. The van der Waals surface area contributed by atoms with E-state index < -0.39 is 46.1 Å². The second kappa shape index (κ2) is 7.76. The van der Waals surface area contributed by atoms with E-state index in [1.807, 2.05) is 35.2 Å². The van der Waals surface area contributed by atoms with E-state index in [-0.39, 0.29) is 22.9 Å². The Morgan fingerprint density at radius 2 is 1.74 bits per heavy atom. The molecule has 0 N–H and O–H groups in total. The molecule has 2 aromatic carbocycles. The van der Waals surface area contributed by atoms with Crippen LogP contribution in [0.4, 0.5) is 11.4 Å². The lowest BCUT2D eigenvalue weighted by Crippen LogP contribution is -2.47. The number of benzene rings is 2. The van der Waals surface area contributed by atoms with E-state index in [4.69, 9.17) is 4.74 Å². The molecule has 0 aromatic heterocycles. The van der Waals surface area contributed by atoms with Crippen LogP contribution in [0.15, 0.2) is 48.7 Å². The van der Waals surface area contributed by atoms with Crippen LogP contribution in [0.5, 0.6) is 5.75 Å². The number of carbonyl (C=O) groups excluding carboxylic acids is 3. The first-order valence-corrected chi connectivity index (χ1v) is 11.4. The standard InChI is InChI=1S/C26H25N3O6/c1-26(2,3)23(30)22-20-19(21-16-8-6-5-7-14(16)11-12-27(21)22)24(31)28(25(20)32)17-13-15(29(33)34)9-10-18(17)35-4/h5-13,19-22H,1-4H3/t19-,20+,21-,22-/m0/s1. The Morgan fingerprint density at radius 3 is 2.40 bits per heavy atom. The third kappa shape index (κ3) is 3.25. The minimum atomic E-state index is -0.931. The van der Waals surface area contributed by atoms with Crippen LogP contribution in [0.3, 0.4) is 0 Å². The summed E-state index contributed by atoms with van der Waals surface area (Å²) in [5.74, 6) is -2.79. The number of imide groups is 1. The van der Waals surface area contributed by atoms with Gasteiger partial charge in [-0.1, -0.05) is 45.0 Å². The van der Waals surface area contributed by atoms with Gasteiger partial charge in [0.15, 0.2) is 5.78 Å². The number of amides is 2. The van der Waals surface area contributed by atoms with E-state index in [1.54, 1.807) is 27.0 Å². The molecular formula is C26H25N3O6. The number of fused-ring (bicyclic) bond motifs is 5. The van der Waals surface area contributed by atoms with Crippen molar-refractivity contribution in [3.63, 3.8) is 0 Å². The highest BCUT2D eigenvalue weighted by molar-refractivity contribution is 6.25. The number of hydrogen-bond donors (Lipinski definition) is 0. The molecule has 0 bridgehead atoms. The van der Waals surface area contributed by atoms with Gasteiger partial charge in [-0.15, -0.1) is 0 Å². The monoisotopic (exact) mass is 475 g/mol. The molecule has 2 aromatic rings. The van der Waals surface area contributed by atoms with Gasteiger partial charge in [0.25, 0.3) is 5.69 Å². The molecule has 2 fully saturated rings. The summed E-state index contributed by atoms with van der Waals surface area (Å²) in [7, 11) is 1.37. The van der Waals surface area contributed by atoms with Gasteiger partial charge in [0.1, 0.15) is 17.5 Å². The van der Waals surface area contributed by atoms with Crippen molar-refractivity contribution in [3.8, 4) is 5.75 Å². The maximum Gasteiger partial charge on any atom is 0.271 e. The second-order valence-electron chi connectivity index (χ2n) is 10.1. The van der Waals surface area contributed by atoms with Crippen molar-refractivity contribution >= 4 is 35.0 Å². The number of non-ortho nitro benzene ring substituents is 1. The summed E-state index contributed by atoms with van der Waals surface area (Å²) in [5.41, 5.74) is 0.772. The van der Waals surface area contributed by atoms with Crippen LogP contribution < -0.4 is 9.64 Å². The molecule has 2 amide bonds. The van der Waals surface area contributed by atoms with E-state index in [2.05, 4.69) is 0 Å². The number of ether oxygens (including phenoxy) is 1. The summed E-state index contributed by atoms with van der Waals surface area (Å²) >= 11 is 0. The number of carbonyl (C=O) groups is 3. The van der Waals surface area contributed by atoms with Gasteiger partial charge in [0.05, 0.1) is 29.9 Å². The lowest BCUT2D eigenvalue weighted by molar-refractivity contribution is -0.384. The molecule has 3 heterocycles.